The van der Waals surface area contributed by atoms with Gasteiger partial charge in [-0.05, 0) is 24.3 Å². The molecule has 0 radical (unpaired) electrons. The lowest BCUT2D eigenvalue weighted by Gasteiger charge is -1.95. The molecular weight excluding hydrogens is 360 g/mol. The first kappa shape index (κ1) is 15.9. The van der Waals surface area contributed by atoms with Crippen molar-refractivity contribution in [1.82, 2.24) is 20.3 Å². The van der Waals surface area contributed by atoms with Gasteiger partial charge in [0.15, 0.2) is 0 Å². The molecule has 0 aliphatic rings. The highest BCUT2D eigenvalue weighted by molar-refractivity contribution is 7.98. The lowest BCUT2D eigenvalue weighted by atomic mass is 10.2. The van der Waals surface area contributed by atoms with Crippen molar-refractivity contribution in [2.24, 2.45) is 0 Å². The fourth-order valence-corrected chi connectivity index (χ4v) is 2.98. The standard InChI is InChI=1S/C17H11ClN4O2S/c18-13-9-5-4-8-12(13)15-19-14(24-22-15)10-25-17-21-20-16(23-17)11-6-2-1-3-7-11/h1-9H,10H2. The van der Waals surface area contributed by atoms with E-state index in [0.29, 0.717) is 33.6 Å². The monoisotopic (exact) mass is 370 g/mol. The van der Waals surface area contributed by atoms with Crippen LogP contribution in [0.5, 0.6) is 0 Å². The SMILES string of the molecule is Clc1ccccc1-c1noc(CSc2nnc(-c3ccccc3)o2)n1. The molecule has 4 rings (SSSR count). The van der Waals surface area contributed by atoms with Gasteiger partial charge >= 0.3 is 0 Å². The number of benzene rings is 2. The zero-order chi connectivity index (χ0) is 17.1. The summed E-state index contributed by atoms with van der Waals surface area (Å²) in [6.45, 7) is 0. The normalized spacial score (nSPS) is 10.9. The van der Waals surface area contributed by atoms with Crippen molar-refractivity contribution >= 4 is 23.4 Å². The number of thioether (sulfide) groups is 1. The summed E-state index contributed by atoms with van der Waals surface area (Å²) in [5, 5.41) is 13.0. The molecule has 2 aromatic carbocycles. The molecular formula is C17H11ClN4O2S. The van der Waals surface area contributed by atoms with Crippen molar-refractivity contribution in [3.63, 3.8) is 0 Å². The minimum Gasteiger partial charge on any atom is -0.411 e. The quantitative estimate of drug-likeness (QED) is 0.470. The van der Waals surface area contributed by atoms with Gasteiger partial charge in [0.1, 0.15) is 0 Å². The zero-order valence-electron chi connectivity index (χ0n) is 12.8. The first-order valence-corrected chi connectivity index (χ1v) is 8.75. The molecule has 6 nitrogen and oxygen atoms in total. The smallest absolute Gasteiger partial charge is 0.277 e. The van der Waals surface area contributed by atoms with Crippen molar-refractivity contribution in [2.75, 3.05) is 0 Å². The minimum absolute atomic E-state index is 0.424. The molecule has 8 heteroatoms. The van der Waals surface area contributed by atoms with Crippen molar-refractivity contribution in [3.05, 3.63) is 65.5 Å². The van der Waals surface area contributed by atoms with Crippen molar-refractivity contribution in [1.29, 1.82) is 0 Å². The van der Waals surface area contributed by atoms with Crippen LogP contribution in [0.4, 0.5) is 0 Å². The molecule has 0 aliphatic heterocycles. The van der Waals surface area contributed by atoms with Gasteiger partial charge in [0, 0.05) is 11.1 Å². The van der Waals surface area contributed by atoms with Gasteiger partial charge in [-0.1, -0.05) is 58.9 Å². The van der Waals surface area contributed by atoms with Crippen LogP contribution in [-0.2, 0) is 5.75 Å². The Hall–Kier alpha value is -2.64. The number of aromatic nitrogens is 4. The molecule has 124 valence electrons. The Bertz CT molecular complexity index is 987. The summed E-state index contributed by atoms with van der Waals surface area (Å²) >= 11 is 7.47. The van der Waals surface area contributed by atoms with Crippen molar-refractivity contribution < 1.29 is 8.94 Å². The van der Waals surface area contributed by atoms with Crippen LogP contribution in [0.3, 0.4) is 0 Å². The molecule has 0 aliphatic carbocycles. The largest absolute Gasteiger partial charge is 0.411 e. The summed E-state index contributed by atoms with van der Waals surface area (Å²) in [6.07, 6.45) is 0. The predicted octanol–water partition coefficient (Wildman–Crippen LogP) is 4.73. The Morgan fingerprint density at radius 3 is 2.60 bits per heavy atom. The molecule has 25 heavy (non-hydrogen) atoms. The van der Waals surface area contributed by atoms with Gasteiger partial charge in [-0.25, -0.2) is 0 Å². The predicted molar refractivity (Wildman–Crippen MR) is 94.0 cm³/mol. The Kier molecular flexibility index (Phi) is 4.49. The topological polar surface area (TPSA) is 77.8 Å². The van der Waals surface area contributed by atoms with E-state index in [9.17, 15) is 0 Å². The number of hydrogen-bond donors (Lipinski definition) is 0. The molecule has 2 heterocycles. The van der Waals surface area contributed by atoms with Crippen LogP contribution in [0.2, 0.25) is 5.02 Å². The fourth-order valence-electron chi connectivity index (χ4n) is 2.15. The molecule has 4 aromatic rings. The molecule has 0 saturated heterocycles. The van der Waals surface area contributed by atoms with E-state index in [0.717, 1.165) is 11.1 Å². The average Bonchev–Trinajstić information content (AvgIpc) is 3.31. The Morgan fingerprint density at radius 2 is 1.76 bits per heavy atom. The summed E-state index contributed by atoms with van der Waals surface area (Å²) in [5.74, 6) is 1.81. The zero-order valence-corrected chi connectivity index (χ0v) is 14.4. The van der Waals surface area contributed by atoms with Gasteiger partial charge in [-0.3, -0.25) is 0 Å². The van der Waals surface area contributed by atoms with E-state index in [1.807, 2.05) is 48.5 Å². The molecule has 0 spiro atoms. The van der Waals surface area contributed by atoms with Crippen LogP contribution >= 0.6 is 23.4 Å². The second-order valence-electron chi connectivity index (χ2n) is 5.02. The van der Waals surface area contributed by atoms with Crippen LogP contribution < -0.4 is 0 Å². The summed E-state index contributed by atoms with van der Waals surface area (Å²) in [6, 6.07) is 16.9. The molecule has 0 saturated carbocycles. The molecule has 0 unspecified atom stereocenters. The van der Waals surface area contributed by atoms with E-state index in [2.05, 4.69) is 20.3 Å². The first-order chi connectivity index (χ1) is 12.3. The van der Waals surface area contributed by atoms with E-state index in [1.54, 1.807) is 6.07 Å². The average molecular weight is 371 g/mol. The molecule has 0 atom stereocenters. The summed E-state index contributed by atoms with van der Waals surface area (Å²) in [7, 11) is 0. The highest BCUT2D eigenvalue weighted by Gasteiger charge is 2.14. The molecule has 0 amide bonds. The highest BCUT2D eigenvalue weighted by Crippen LogP contribution is 2.28. The number of rotatable bonds is 5. The van der Waals surface area contributed by atoms with Gasteiger partial charge in [0.2, 0.25) is 17.6 Å². The second kappa shape index (κ2) is 7.08. The Balaban J connectivity index is 1.44. The lowest BCUT2D eigenvalue weighted by Crippen LogP contribution is -1.84. The van der Waals surface area contributed by atoms with E-state index >= 15 is 0 Å². The molecule has 0 N–H and O–H groups in total. The third-order valence-electron chi connectivity index (χ3n) is 3.33. The third-order valence-corrected chi connectivity index (χ3v) is 4.46. The number of halogens is 1. The van der Waals surface area contributed by atoms with E-state index < -0.39 is 0 Å². The first-order valence-electron chi connectivity index (χ1n) is 7.39. The van der Waals surface area contributed by atoms with Gasteiger partial charge in [0.05, 0.1) is 10.8 Å². The maximum absolute atomic E-state index is 6.14. The van der Waals surface area contributed by atoms with Crippen LogP contribution in [0, 0.1) is 0 Å². The molecule has 0 bridgehead atoms. The summed E-state index contributed by atoms with van der Waals surface area (Å²) < 4.78 is 10.9. The third kappa shape index (κ3) is 3.57. The molecule has 0 fully saturated rings. The second-order valence-corrected chi connectivity index (χ2v) is 6.35. The van der Waals surface area contributed by atoms with Crippen LogP contribution in [0.25, 0.3) is 22.8 Å². The lowest BCUT2D eigenvalue weighted by molar-refractivity contribution is 0.391. The maximum Gasteiger partial charge on any atom is 0.277 e. The Morgan fingerprint density at radius 1 is 0.960 bits per heavy atom. The fraction of sp³-hybridized carbons (Fsp3) is 0.0588. The summed E-state index contributed by atoms with van der Waals surface area (Å²) in [4.78, 5) is 4.35. The van der Waals surface area contributed by atoms with Gasteiger partial charge < -0.3 is 8.94 Å². The van der Waals surface area contributed by atoms with Crippen LogP contribution in [0.15, 0.2) is 68.8 Å². The van der Waals surface area contributed by atoms with E-state index in [4.69, 9.17) is 20.5 Å². The van der Waals surface area contributed by atoms with Crippen molar-refractivity contribution in [3.8, 4) is 22.8 Å². The van der Waals surface area contributed by atoms with Crippen LogP contribution in [0.1, 0.15) is 5.89 Å². The number of hydrogen-bond acceptors (Lipinski definition) is 7. The van der Waals surface area contributed by atoms with Crippen molar-refractivity contribution in [2.45, 2.75) is 11.0 Å². The van der Waals surface area contributed by atoms with Gasteiger partial charge in [-0.15, -0.1) is 10.2 Å². The summed E-state index contributed by atoms with van der Waals surface area (Å²) in [5.41, 5.74) is 1.61. The van der Waals surface area contributed by atoms with Crippen LogP contribution in [-0.4, -0.2) is 20.3 Å². The van der Waals surface area contributed by atoms with E-state index in [-0.39, 0.29) is 0 Å². The van der Waals surface area contributed by atoms with E-state index in [1.165, 1.54) is 11.8 Å². The highest BCUT2D eigenvalue weighted by atomic mass is 35.5. The minimum atomic E-state index is 0.424. The van der Waals surface area contributed by atoms with Gasteiger partial charge in [0.25, 0.3) is 5.22 Å². The Labute approximate surface area is 152 Å². The maximum atomic E-state index is 6.14. The molecule has 2 aromatic heterocycles. The van der Waals surface area contributed by atoms with Gasteiger partial charge in [-0.2, -0.15) is 4.98 Å². The number of nitrogens with zero attached hydrogens (tertiary/aromatic N) is 4.